The van der Waals surface area contributed by atoms with E-state index in [9.17, 15) is 14.4 Å². The number of rotatable bonds is 9. The molecule has 3 aromatic carbocycles. The molecule has 0 aromatic heterocycles. The molecule has 1 amide bonds. The first-order valence-electron chi connectivity index (χ1n) is 10.7. The molecule has 1 atom stereocenters. The quantitative estimate of drug-likeness (QED) is 0.189. The third-order valence-electron chi connectivity index (χ3n) is 4.95. The van der Waals surface area contributed by atoms with Crippen LogP contribution in [0, 0.1) is 20.7 Å². The summed E-state index contributed by atoms with van der Waals surface area (Å²) in [5.41, 5.74) is 2.39. The number of hydrogen-bond acceptors (Lipinski definition) is 4. The highest BCUT2D eigenvalue weighted by Gasteiger charge is 2.16. The van der Waals surface area contributed by atoms with Crippen molar-refractivity contribution < 1.29 is 18.7 Å². The molecule has 0 spiro atoms. The van der Waals surface area contributed by atoms with Crippen molar-refractivity contribution in [1.29, 1.82) is 5.26 Å². The van der Waals surface area contributed by atoms with E-state index in [0.29, 0.717) is 23.7 Å². The molecule has 174 valence electrons. The van der Waals surface area contributed by atoms with Gasteiger partial charge in [-0.05, 0) is 83.5 Å². The van der Waals surface area contributed by atoms with E-state index in [0.717, 1.165) is 14.7 Å². The molecule has 0 aliphatic rings. The van der Waals surface area contributed by atoms with Crippen molar-refractivity contribution in [3.8, 4) is 17.6 Å². The maximum atomic E-state index is 13.2. The molecule has 0 aliphatic carbocycles. The van der Waals surface area contributed by atoms with Crippen LogP contribution >= 0.6 is 22.6 Å². The van der Waals surface area contributed by atoms with Gasteiger partial charge in [0, 0.05) is 0 Å². The minimum Gasteiger partial charge on any atom is -0.490 e. The standard InChI is InChI=1S/C27H24FIN2O3/c1-3-33-25-15-20(14-24(29)26(25)34-17-19-9-11-23(28)12-10-19)13-22(16-30)27(32)31-18(2)21-7-5-4-6-8-21/h4-15,18H,3,17H2,1-2H3,(H,31,32)/b22-13-/t18-/m1/s1. The van der Waals surface area contributed by atoms with E-state index in [1.807, 2.05) is 56.3 Å². The Morgan fingerprint density at radius 1 is 1.15 bits per heavy atom. The van der Waals surface area contributed by atoms with E-state index in [2.05, 4.69) is 27.9 Å². The maximum absolute atomic E-state index is 13.2. The molecule has 34 heavy (non-hydrogen) atoms. The first-order valence-corrected chi connectivity index (χ1v) is 11.8. The summed E-state index contributed by atoms with van der Waals surface area (Å²) in [6.07, 6.45) is 1.53. The topological polar surface area (TPSA) is 71.3 Å². The molecule has 0 radical (unpaired) electrons. The predicted molar refractivity (Wildman–Crippen MR) is 138 cm³/mol. The Hall–Kier alpha value is -3.38. The molecule has 3 aromatic rings. The number of amides is 1. The fourth-order valence-electron chi connectivity index (χ4n) is 3.23. The van der Waals surface area contributed by atoms with Gasteiger partial charge in [-0.2, -0.15) is 5.26 Å². The van der Waals surface area contributed by atoms with Crippen LogP contribution in [0.25, 0.3) is 6.08 Å². The van der Waals surface area contributed by atoms with Crippen molar-refractivity contribution in [1.82, 2.24) is 5.32 Å². The number of nitriles is 1. The molecular weight excluding hydrogens is 546 g/mol. The van der Waals surface area contributed by atoms with Gasteiger partial charge in [0.05, 0.1) is 16.2 Å². The van der Waals surface area contributed by atoms with Crippen LogP contribution in [0.1, 0.15) is 36.6 Å². The SMILES string of the molecule is CCOc1cc(/C=C(/C#N)C(=O)N[C@H](C)c2ccccc2)cc(I)c1OCc1ccc(F)cc1. The molecule has 0 saturated carbocycles. The summed E-state index contributed by atoms with van der Waals surface area (Å²) in [7, 11) is 0. The Morgan fingerprint density at radius 3 is 2.50 bits per heavy atom. The second-order valence-corrected chi connectivity index (χ2v) is 8.62. The lowest BCUT2D eigenvalue weighted by Crippen LogP contribution is -2.27. The van der Waals surface area contributed by atoms with E-state index in [4.69, 9.17) is 9.47 Å². The second-order valence-electron chi connectivity index (χ2n) is 7.45. The monoisotopic (exact) mass is 570 g/mol. The fourth-order valence-corrected chi connectivity index (χ4v) is 4.01. The van der Waals surface area contributed by atoms with Crippen molar-refractivity contribution in [3.05, 3.63) is 98.4 Å². The molecule has 0 saturated heterocycles. The minimum absolute atomic E-state index is 0.0130. The van der Waals surface area contributed by atoms with E-state index in [-0.39, 0.29) is 24.0 Å². The molecule has 1 N–H and O–H groups in total. The summed E-state index contributed by atoms with van der Waals surface area (Å²) in [5.74, 6) is 0.283. The molecule has 5 nitrogen and oxygen atoms in total. The van der Waals surface area contributed by atoms with Crippen molar-refractivity contribution in [2.24, 2.45) is 0 Å². The van der Waals surface area contributed by atoms with Gasteiger partial charge in [0.25, 0.3) is 5.91 Å². The van der Waals surface area contributed by atoms with Crippen LogP contribution in [0.4, 0.5) is 4.39 Å². The number of carbonyl (C=O) groups excluding carboxylic acids is 1. The van der Waals surface area contributed by atoms with Crippen LogP contribution in [0.15, 0.2) is 72.3 Å². The summed E-state index contributed by atoms with van der Waals surface area (Å²) >= 11 is 2.13. The molecule has 3 rings (SSSR count). The third kappa shape index (κ3) is 6.81. The number of carbonyl (C=O) groups is 1. The minimum atomic E-state index is -0.455. The molecule has 0 heterocycles. The molecule has 0 bridgehead atoms. The van der Waals surface area contributed by atoms with Crippen LogP contribution in [-0.2, 0) is 11.4 Å². The third-order valence-corrected chi connectivity index (χ3v) is 5.75. The number of ether oxygens (including phenoxy) is 2. The van der Waals surface area contributed by atoms with Crippen molar-refractivity contribution in [2.75, 3.05) is 6.61 Å². The van der Waals surface area contributed by atoms with Crippen LogP contribution in [0.2, 0.25) is 0 Å². The van der Waals surface area contributed by atoms with Crippen LogP contribution in [0.3, 0.4) is 0 Å². The first kappa shape index (κ1) is 25.2. The summed E-state index contributed by atoms with van der Waals surface area (Å²) in [6, 6.07) is 20.9. The van der Waals surface area contributed by atoms with Gasteiger partial charge in [0.15, 0.2) is 11.5 Å². The highest BCUT2D eigenvalue weighted by Crippen LogP contribution is 2.35. The lowest BCUT2D eigenvalue weighted by atomic mass is 10.1. The zero-order valence-electron chi connectivity index (χ0n) is 18.8. The van der Waals surface area contributed by atoms with Gasteiger partial charge in [-0.25, -0.2) is 4.39 Å². The normalized spacial score (nSPS) is 11.9. The Kier molecular flexibility index (Phi) is 9.05. The van der Waals surface area contributed by atoms with Gasteiger partial charge in [0.2, 0.25) is 0 Å². The Balaban J connectivity index is 1.81. The Labute approximate surface area is 212 Å². The number of benzene rings is 3. The number of nitrogens with one attached hydrogen (secondary N) is 1. The van der Waals surface area contributed by atoms with Gasteiger partial charge < -0.3 is 14.8 Å². The molecule has 0 unspecified atom stereocenters. The van der Waals surface area contributed by atoms with Gasteiger partial charge >= 0.3 is 0 Å². The van der Waals surface area contributed by atoms with Gasteiger partial charge in [-0.15, -0.1) is 0 Å². The zero-order valence-corrected chi connectivity index (χ0v) is 21.0. The smallest absolute Gasteiger partial charge is 0.262 e. The second kappa shape index (κ2) is 12.2. The molecule has 0 fully saturated rings. The van der Waals surface area contributed by atoms with Crippen molar-refractivity contribution in [2.45, 2.75) is 26.5 Å². The lowest BCUT2D eigenvalue weighted by molar-refractivity contribution is -0.117. The fraction of sp³-hybridized carbons (Fsp3) is 0.185. The number of nitrogens with zero attached hydrogens (tertiary/aromatic N) is 1. The Bertz CT molecular complexity index is 1210. The van der Waals surface area contributed by atoms with Gasteiger partial charge in [0.1, 0.15) is 24.1 Å². The average molecular weight is 570 g/mol. The van der Waals surface area contributed by atoms with E-state index >= 15 is 0 Å². The lowest BCUT2D eigenvalue weighted by Gasteiger charge is -2.15. The summed E-state index contributed by atoms with van der Waals surface area (Å²) < 4.78 is 25.6. The largest absolute Gasteiger partial charge is 0.490 e. The molecule has 7 heteroatoms. The van der Waals surface area contributed by atoms with Gasteiger partial charge in [-0.3, -0.25) is 4.79 Å². The van der Waals surface area contributed by atoms with Gasteiger partial charge in [-0.1, -0.05) is 42.5 Å². The average Bonchev–Trinajstić information content (AvgIpc) is 2.83. The maximum Gasteiger partial charge on any atom is 0.262 e. The van der Waals surface area contributed by atoms with Crippen LogP contribution in [-0.4, -0.2) is 12.5 Å². The number of halogens is 2. The van der Waals surface area contributed by atoms with Crippen molar-refractivity contribution in [3.63, 3.8) is 0 Å². The van der Waals surface area contributed by atoms with Crippen molar-refractivity contribution >= 4 is 34.6 Å². The highest BCUT2D eigenvalue weighted by atomic mass is 127. The zero-order chi connectivity index (χ0) is 24.5. The molecule has 0 aliphatic heterocycles. The van der Waals surface area contributed by atoms with Crippen LogP contribution in [0.5, 0.6) is 11.5 Å². The molecular formula is C27H24FIN2O3. The number of hydrogen-bond donors (Lipinski definition) is 1. The summed E-state index contributed by atoms with van der Waals surface area (Å²) in [5, 5.41) is 12.5. The highest BCUT2D eigenvalue weighted by molar-refractivity contribution is 14.1. The van der Waals surface area contributed by atoms with E-state index in [1.54, 1.807) is 18.2 Å². The summed E-state index contributed by atoms with van der Waals surface area (Å²) in [4.78, 5) is 12.7. The Morgan fingerprint density at radius 2 is 1.85 bits per heavy atom. The summed E-state index contributed by atoms with van der Waals surface area (Å²) in [6.45, 7) is 4.38. The predicted octanol–water partition coefficient (Wildman–Crippen LogP) is 6.19. The van der Waals surface area contributed by atoms with E-state index < -0.39 is 5.91 Å². The van der Waals surface area contributed by atoms with Crippen LogP contribution < -0.4 is 14.8 Å². The first-order chi connectivity index (χ1) is 16.4. The van der Waals surface area contributed by atoms with E-state index in [1.165, 1.54) is 18.2 Å².